The second kappa shape index (κ2) is 6.46. The molecule has 0 fully saturated rings. The molecule has 0 bridgehead atoms. The predicted octanol–water partition coefficient (Wildman–Crippen LogP) is 1.49. The van der Waals surface area contributed by atoms with Gasteiger partial charge in [0.25, 0.3) is 11.8 Å². The SMILES string of the molecule is Cc1cc(Cl)n(-c2ccc(NC3=CC(=O)N(CCO)C3=O)cc2)n1. The maximum absolute atomic E-state index is 12.1. The second-order valence-corrected chi connectivity index (χ2v) is 5.66. The van der Waals surface area contributed by atoms with Crippen molar-refractivity contribution in [3.8, 4) is 5.69 Å². The Bertz CT molecular complexity index is 826. The number of carbonyl (C=O) groups is 2. The lowest BCUT2D eigenvalue weighted by Crippen LogP contribution is -2.34. The van der Waals surface area contributed by atoms with Gasteiger partial charge < -0.3 is 10.4 Å². The maximum atomic E-state index is 12.1. The van der Waals surface area contributed by atoms with Gasteiger partial charge in [-0.05, 0) is 37.3 Å². The van der Waals surface area contributed by atoms with Crippen molar-refractivity contribution in [3.63, 3.8) is 0 Å². The Morgan fingerprint density at radius 1 is 1.25 bits per heavy atom. The molecule has 1 aliphatic rings. The monoisotopic (exact) mass is 346 g/mol. The molecular weight excluding hydrogens is 332 g/mol. The van der Waals surface area contributed by atoms with Crippen LogP contribution in [0.25, 0.3) is 5.69 Å². The van der Waals surface area contributed by atoms with Crippen LogP contribution in [0.3, 0.4) is 0 Å². The summed E-state index contributed by atoms with van der Waals surface area (Å²) in [5.41, 5.74) is 2.42. The van der Waals surface area contributed by atoms with Crippen LogP contribution in [0.5, 0.6) is 0 Å². The summed E-state index contributed by atoms with van der Waals surface area (Å²) in [6.07, 6.45) is 1.22. The minimum atomic E-state index is -0.455. The smallest absolute Gasteiger partial charge is 0.277 e. The molecule has 0 atom stereocenters. The van der Waals surface area contributed by atoms with Crippen molar-refractivity contribution in [2.24, 2.45) is 0 Å². The van der Waals surface area contributed by atoms with Gasteiger partial charge in [-0.15, -0.1) is 0 Å². The van der Waals surface area contributed by atoms with Crippen LogP contribution in [-0.4, -0.2) is 44.8 Å². The van der Waals surface area contributed by atoms with Crippen LogP contribution < -0.4 is 5.32 Å². The first-order valence-corrected chi connectivity index (χ1v) is 7.65. The lowest BCUT2D eigenvalue weighted by Gasteiger charge is -2.13. The number of anilines is 1. The van der Waals surface area contributed by atoms with Crippen molar-refractivity contribution in [1.29, 1.82) is 0 Å². The summed E-state index contributed by atoms with van der Waals surface area (Å²) in [5.74, 6) is -0.893. The molecule has 24 heavy (non-hydrogen) atoms. The van der Waals surface area contributed by atoms with Gasteiger partial charge in [0.2, 0.25) is 0 Å². The van der Waals surface area contributed by atoms with Crippen LogP contribution in [0.4, 0.5) is 5.69 Å². The van der Waals surface area contributed by atoms with E-state index < -0.39 is 11.8 Å². The lowest BCUT2D eigenvalue weighted by molar-refractivity contribution is -0.137. The van der Waals surface area contributed by atoms with Crippen molar-refractivity contribution < 1.29 is 14.7 Å². The quantitative estimate of drug-likeness (QED) is 0.801. The number of amides is 2. The largest absolute Gasteiger partial charge is 0.395 e. The molecule has 0 spiro atoms. The number of benzene rings is 1. The van der Waals surface area contributed by atoms with E-state index in [1.54, 1.807) is 35.0 Å². The fourth-order valence-electron chi connectivity index (χ4n) is 2.40. The van der Waals surface area contributed by atoms with E-state index in [9.17, 15) is 9.59 Å². The lowest BCUT2D eigenvalue weighted by atomic mass is 10.2. The molecule has 2 aromatic rings. The van der Waals surface area contributed by atoms with Crippen molar-refractivity contribution >= 4 is 29.1 Å². The van der Waals surface area contributed by atoms with E-state index in [2.05, 4.69) is 10.4 Å². The first kappa shape index (κ1) is 16.2. The average molecular weight is 347 g/mol. The summed E-state index contributed by atoms with van der Waals surface area (Å²) < 4.78 is 1.60. The van der Waals surface area contributed by atoms with Crippen molar-refractivity contribution in [1.82, 2.24) is 14.7 Å². The summed E-state index contributed by atoms with van der Waals surface area (Å²) in [6, 6.07) is 8.88. The van der Waals surface area contributed by atoms with Crippen LogP contribution >= 0.6 is 11.6 Å². The number of imide groups is 1. The minimum absolute atomic E-state index is 0.0184. The number of β-amino-alcohol motifs (C(OH)–C–C–N with tert-alkyl or cyclic N) is 1. The Morgan fingerprint density at radius 2 is 1.96 bits per heavy atom. The Labute approximate surface area is 143 Å². The number of halogens is 1. The summed E-state index contributed by atoms with van der Waals surface area (Å²) in [6.45, 7) is 1.57. The first-order valence-electron chi connectivity index (χ1n) is 7.27. The number of aliphatic hydroxyl groups excluding tert-OH is 1. The van der Waals surface area contributed by atoms with Gasteiger partial charge >= 0.3 is 0 Å². The van der Waals surface area contributed by atoms with E-state index in [4.69, 9.17) is 16.7 Å². The van der Waals surface area contributed by atoms with E-state index in [0.717, 1.165) is 16.3 Å². The van der Waals surface area contributed by atoms with Crippen molar-refractivity contribution in [3.05, 3.63) is 53.0 Å². The Hall–Kier alpha value is -2.64. The van der Waals surface area contributed by atoms with E-state index in [-0.39, 0.29) is 18.8 Å². The molecule has 2 heterocycles. The van der Waals surface area contributed by atoms with E-state index in [0.29, 0.717) is 10.8 Å². The number of aryl methyl sites for hydroxylation is 1. The highest BCUT2D eigenvalue weighted by atomic mass is 35.5. The molecule has 0 aliphatic carbocycles. The third-order valence-electron chi connectivity index (χ3n) is 3.51. The molecule has 0 unspecified atom stereocenters. The Balaban J connectivity index is 1.76. The summed E-state index contributed by atoms with van der Waals surface area (Å²) >= 11 is 6.11. The molecule has 1 aliphatic heterocycles. The molecule has 124 valence electrons. The third-order valence-corrected chi connectivity index (χ3v) is 3.78. The molecule has 7 nitrogen and oxygen atoms in total. The minimum Gasteiger partial charge on any atom is -0.395 e. The number of carbonyl (C=O) groups excluding carboxylic acids is 2. The molecule has 2 N–H and O–H groups in total. The third kappa shape index (κ3) is 3.04. The fraction of sp³-hybridized carbons (Fsp3) is 0.188. The zero-order valence-electron chi connectivity index (χ0n) is 12.9. The molecule has 8 heteroatoms. The predicted molar refractivity (Wildman–Crippen MR) is 88.8 cm³/mol. The number of nitrogens with zero attached hydrogens (tertiary/aromatic N) is 3. The standard InChI is InChI=1S/C16H15ClN4O3/c1-10-8-14(17)21(19-10)12-4-2-11(3-5-12)18-13-9-15(23)20(6-7-22)16(13)24/h2-5,8-9,18,22H,6-7H2,1H3. The molecule has 0 radical (unpaired) electrons. The number of rotatable bonds is 5. The zero-order valence-corrected chi connectivity index (χ0v) is 13.6. The number of aliphatic hydroxyl groups is 1. The van der Waals surface area contributed by atoms with Crippen LogP contribution in [0.15, 0.2) is 42.1 Å². The van der Waals surface area contributed by atoms with Crippen molar-refractivity contribution in [2.75, 3.05) is 18.5 Å². The van der Waals surface area contributed by atoms with Gasteiger partial charge in [-0.1, -0.05) is 11.6 Å². The van der Waals surface area contributed by atoms with Gasteiger partial charge in [-0.3, -0.25) is 14.5 Å². The number of nitrogens with one attached hydrogen (secondary N) is 1. The fourth-order valence-corrected chi connectivity index (χ4v) is 2.69. The topological polar surface area (TPSA) is 87.5 Å². The van der Waals surface area contributed by atoms with E-state index in [1.807, 2.05) is 6.92 Å². The first-order chi connectivity index (χ1) is 11.5. The van der Waals surface area contributed by atoms with Gasteiger partial charge in [0.15, 0.2) is 0 Å². The maximum Gasteiger partial charge on any atom is 0.277 e. The van der Waals surface area contributed by atoms with Gasteiger partial charge in [-0.2, -0.15) is 5.10 Å². The molecule has 3 rings (SSSR count). The summed E-state index contributed by atoms with van der Waals surface area (Å²) in [7, 11) is 0. The van der Waals surface area contributed by atoms with Crippen LogP contribution in [0.1, 0.15) is 5.69 Å². The molecule has 0 saturated carbocycles. The Kier molecular flexibility index (Phi) is 4.37. The van der Waals surface area contributed by atoms with Gasteiger partial charge in [0, 0.05) is 11.8 Å². The molecule has 2 amide bonds. The van der Waals surface area contributed by atoms with Crippen LogP contribution in [0, 0.1) is 6.92 Å². The van der Waals surface area contributed by atoms with E-state index >= 15 is 0 Å². The second-order valence-electron chi connectivity index (χ2n) is 5.27. The number of hydrogen-bond acceptors (Lipinski definition) is 5. The van der Waals surface area contributed by atoms with Gasteiger partial charge in [0.1, 0.15) is 10.9 Å². The normalized spacial score (nSPS) is 14.3. The van der Waals surface area contributed by atoms with Gasteiger partial charge in [0.05, 0.1) is 24.5 Å². The summed E-state index contributed by atoms with van der Waals surface area (Å²) in [5, 5.41) is 16.6. The number of aromatic nitrogens is 2. The highest BCUT2D eigenvalue weighted by molar-refractivity contribution is 6.29. The van der Waals surface area contributed by atoms with Crippen LogP contribution in [0.2, 0.25) is 5.15 Å². The summed E-state index contributed by atoms with van der Waals surface area (Å²) in [4.78, 5) is 24.8. The zero-order chi connectivity index (χ0) is 17.3. The molecule has 0 saturated heterocycles. The van der Waals surface area contributed by atoms with E-state index in [1.165, 1.54) is 6.08 Å². The molecular formula is C16H15ClN4O3. The molecule has 1 aromatic carbocycles. The molecule has 1 aromatic heterocycles. The Morgan fingerprint density at radius 3 is 2.54 bits per heavy atom. The van der Waals surface area contributed by atoms with Crippen molar-refractivity contribution in [2.45, 2.75) is 6.92 Å². The number of hydrogen-bond donors (Lipinski definition) is 2. The van der Waals surface area contributed by atoms with Gasteiger partial charge in [-0.25, -0.2) is 4.68 Å². The highest BCUT2D eigenvalue weighted by Crippen LogP contribution is 2.21. The highest BCUT2D eigenvalue weighted by Gasteiger charge is 2.30. The van der Waals surface area contributed by atoms with Crippen LogP contribution in [-0.2, 0) is 9.59 Å². The average Bonchev–Trinajstić information content (AvgIpc) is 3.02.